The first-order valence-electron chi connectivity index (χ1n) is 11.0. The van der Waals surface area contributed by atoms with E-state index in [1.807, 2.05) is 36.1 Å². The summed E-state index contributed by atoms with van der Waals surface area (Å²) in [5.74, 6) is 0.831. The van der Waals surface area contributed by atoms with Crippen LogP contribution in [-0.2, 0) is 6.54 Å². The second-order valence-electron chi connectivity index (χ2n) is 8.30. The van der Waals surface area contributed by atoms with Gasteiger partial charge in [-0.15, -0.1) is 0 Å². The molecule has 1 aromatic heterocycles. The maximum atomic E-state index is 12.5. The topological polar surface area (TPSA) is 74.3 Å². The average molecular weight is 407 g/mol. The second kappa shape index (κ2) is 8.86. The molecule has 2 N–H and O–H groups in total. The van der Waals surface area contributed by atoms with Crippen LogP contribution < -0.4 is 10.6 Å². The van der Waals surface area contributed by atoms with Crippen LogP contribution in [0.4, 0.5) is 5.82 Å². The molecule has 2 aliphatic rings. The van der Waals surface area contributed by atoms with Gasteiger partial charge in [-0.2, -0.15) is 0 Å². The Bertz CT molecular complexity index is 919. The number of anilines is 1. The van der Waals surface area contributed by atoms with E-state index in [-0.39, 0.29) is 17.9 Å². The number of carbonyl (C=O) groups is 2. The third-order valence-electron chi connectivity index (χ3n) is 6.27. The standard InChI is InChI=1S/C24H30N4O2/c1-3-28-15-21-20(24(28)30)13-14-25-22(21)26-16(2)17-9-11-18(12-10-17)23(29)27-19-7-5-4-6-8-19/h9-14,16,19H,3-8,15H2,1-2H3,(H,25,26)(H,27,29)/t16-/m0/s1. The molecule has 2 amide bonds. The predicted molar refractivity (Wildman–Crippen MR) is 117 cm³/mol. The number of benzene rings is 1. The van der Waals surface area contributed by atoms with E-state index >= 15 is 0 Å². The van der Waals surface area contributed by atoms with Crippen LogP contribution in [0, 0.1) is 0 Å². The third kappa shape index (κ3) is 4.18. The van der Waals surface area contributed by atoms with Crippen LogP contribution in [0.15, 0.2) is 36.5 Å². The molecule has 0 radical (unpaired) electrons. The maximum absolute atomic E-state index is 12.5. The number of fused-ring (bicyclic) bond motifs is 1. The van der Waals surface area contributed by atoms with Crippen molar-refractivity contribution < 1.29 is 9.59 Å². The van der Waals surface area contributed by atoms with Crippen molar-refractivity contribution in [2.24, 2.45) is 0 Å². The molecule has 1 aliphatic carbocycles. The second-order valence-corrected chi connectivity index (χ2v) is 8.30. The van der Waals surface area contributed by atoms with E-state index in [0.717, 1.165) is 35.3 Å². The van der Waals surface area contributed by atoms with Gasteiger partial charge in [0.15, 0.2) is 0 Å². The van der Waals surface area contributed by atoms with Gasteiger partial charge in [-0.3, -0.25) is 9.59 Å². The van der Waals surface area contributed by atoms with Crippen molar-refractivity contribution in [2.75, 3.05) is 11.9 Å². The highest BCUT2D eigenvalue weighted by atomic mass is 16.2. The molecule has 6 nitrogen and oxygen atoms in total. The summed E-state index contributed by atoms with van der Waals surface area (Å²) in [6, 6.07) is 9.85. The Hall–Kier alpha value is -2.89. The highest BCUT2D eigenvalue weighted by Crippen LogP contribution is 2.29. The highest BCUT2D eigenvalue weighted by molar-refractivity contribution is 5.99. The van der Waals surface area contributed by atoms with E-state index in [9.17, 15) is 9.59 Å². The van der Waals surface area contributed by atoms with Crippen molar-refractivity contribution in [1.82, 2.24) is 15.2 Å². The lowest BCUT2D eigenvalue weighted by molar-refractivity contribution is 0.0786. The Balaban J connectivity index is 1.42. The summed E-state index contributed by atoms with van der Waals surface area (Å²) in [6.07, 6.45) is 7.52. The molecule has 4 rings (SSSR count). The number of hydrogen-bond acceptors (Lipinski definition) is 4. The fourth-order valence-electron chi connectivity index (χ4n) is 4.39. The Morgan fingerprint density at radius 3 is 2.60 bits per heavy atom. The van der Waals surface area contributed by atoms with E-state index in [1.54, 1.807) is 12.3 Å². The minimum Gasteiger partial charge on any atom is -0.363 e. The molecule has 1 saturated carbocycles. The first-order valence-corrected chi connectivity index (χ1v) is 11.0. The molecule has 2 heterocycles. The minimum absolute atomic E-state index is 0.00485. The zero-order valence-corrected chi connectivity index (χ0v) is 17.8. The fourth-order valence-corrected chi connectivity index (χ4v) is 4.39. The molecule has 0 saturated heterocycles. The Labute approximate surface area is 178 Å². The Kier molecular flexibility index (Phi) is 6.02. The average Bonchev–Trinajstić information content (AvgIpc) is 3.11. The number of rotatable bonds is 6. The first-order chi connectivity index (χ1) is 14.6. The van der Waals surface area contributed by atoms with E-state index in [4.69, 9.17) is 0 Å². The van der Waals surface area contributed by atoms with E-state index in [0.29, 0.717) is 24.7 Å². The Morgan fingerprint density at radius 2 is 1.90 bits per heavy atom. The van der Waals surface area contributed by atoms with Crippen LogP contribution in [0.25, 0.3) is 0 Å². The van der Waals surface area contributed by atoms with Crippen LogP contribution in [0.2, 0.25) is 0 Å². The summed E-state index contributed by atoms with van der Waals surface area (Å²) in [7, 11) is 0. The Morgan fingerprint density at radius 1 is 1.17 bits per heavy atom. The molecular weight excluding hydrogens is 376 g/mol. The lowest BCUT2D eigenvalue weighted by Gasteiger charge is -2.23. The van der Waals surface area contributed by atoms with Gasteiger partial charge < -0.3 is 15.5 Å². The molecule has 6 heteroatoms. The number of nitrogens with one attached hydrogen (secondary N) is 2. The van der Waals surface area contributed by atoms with Gasteiger partial charge in [0, 0.05) is 41.5 Å². The zero-order chi connectivity index (χ0) is 21.1. The number of nitrogens with zero attached hydrogens (tertiary/aromatic N) is 2. The van der Waals surface area contributed by atoms with Crippen LogP contribution in [0.3, 0.4) is 0 Å². The number of amides is 2. The summed E-state index contributed by atoms with van der Waals surface area (Å²) < 4.78 is 0. The third-order valence-corrected chi connectivity index (χ3v) is 6.27. The lowest BCUT2D eigenvalue weighted by atomic mass is 9.95. The van der Waals surface area contributed by atoms with Gasteiger partial charge in [0.1, 0.15) is 5.82 Å². The summed E-state index contributed by atoms with van der Waals surface area (Å²) in [6.45, 7) is 5.33. The van der Waals surface area contributed by atoms with Crippen LogP contribution >= 0.6 is 0 Å². The maximum Gasteiger partial charge on any atom is 0.254 e. The molecule has 0 spiro atoms. The smallest absolute Gasteiger partial charge is 0.254 e. The number of carbonyl (C=O) groups excluding carboxylic acids is 2. The van der Waals surface area contributed by atoms with Crippen LogP contribution in [0.5, 0.6) is 0 Å². The lowest BCUT2D eigenvalue weighted by Crippen LogP contribution is -2.36. The van der Waals surface area contributed by atoms with Crippen molar-refractivity contribution >= 4 is 17.6 Å². The van der Waals surface area contributed by atoms with Crippen molar-refractivity contribution in [3.63, 3.8) is 0 Å². The van der Waals surface area contributed by atoms with Gasteiger partial charge >= 0.3 is 0 Å². The number of pyridine rings is 1. The predicted octanol–water partition coefficient (Wildman–Crippen LogP) is 4.29. The normalized spacial score (nSPS) is 17.5. The van der Waals surface area contributed by atoms with Gasteiger partial charge in [-0.05, 0) is 50.5 Å². The number of hydrogen-bond donors (Lipinski definition) is 2. The van der Waals surface area contributed by atoms with Gasteiger partial charge in [0.2, 0.25) is 0 Å². The summed E-state index contributed by atoms with van der Waals surface area (Å²) in [5, 5.41) is 6.61. The SMILES string of the molecule is CCN1Cc2c(ccnc2N[C@@H](C)c2ccc(C(=O)NC3CCCCC3)cc2)C1=O. The van der Waals surface area contributed by atoms with E-state index < -0.39 is 0 Å². The first kappa shape index (κ1) is 20.4. The molecule has 1 aromatic carbocycles. The van der Waals surface area contributed by atoms with E-state index in [2.05, 4.69) is 22.5 Å². The summed E-state index contributed by atoms with van der Waals surface area (Å²) in [5.41, 5.74) is 3.45. The summed E-state index contributed by atoms with van der Waals surface area (Å²) in [4.78, 5) is 31.2. The van der Waals surface area contributed by atoms with Gasteiger partial charge in [0.25, 0.3) is 11.8 Å². The highest BCUT2D eigenvalue weighted by Gasteiger charge is 2.29. The zero-order valence-electron chi connectivity index (χ0n) is 17.8. The minimum atomic E-state index is 0.00485. The molecule has 158 valence electrons. The van der Waals surface area contributed by atoms with Gasteiger partial charge in [-0.25, -0.2) is 4.98 Å². The molecule has 1 atom stereocenters. The van der Waals surface area contributed by atoms with Crippen LogP contribution in [0.1, 0.15) is 83.8 Å². The molecule has 0 bridgehead atoms. The van der Waals surface area contributed by atoms with Crippen molar-refractivity contribution in [3.05, 3.63) is 58.8 Å². The number of aromatic nitrogens is 1. The van der Waals surface area contributed by atoms with Gasteiger partial charge in [-0.1, -0.05) is 31.4 Å². The molecule has 0 unspecified atom stereocenters. The molecular formula is C24H30N4O2. The molecule has 1 fully saturated rings. The van der Waals surface area contributed by atoms with Crippen molar-refractivity contribution in [2.45, 2.75) is 64.6 Å². The van der Waals surface area contributed by atoms with Crippen molar-refractivity contribution in [1.29, 1.82) is 0 Å². The van der Waals surface area contributed by atoms with Crippen molar-refractivity contribution in [3.8, 4) is 0 Å². The molecule has 30 heavy (non-hydrogen) atoms. The monoisotopic (exact) mass is 406 g/mol. The largest absolute Gasteiger partial charge is 0.363 e. The van der Waals surface area contributed by atoms with Gasteiger partial charge in [0.05, 0.1) is 6.54 Å². The summed E-state index contributed by atoms with van der Waals surface area (Å²) >= 11 is 0. The molecule has 2 aromatic rings. The molecule has 1 aliphatic heterocycles. The van der Waals surface area contributed by atoms with E-state index in [1.165, 1.54) is 19.3 Å². The fraction of sp³-hybridized carbons (Fsp3) is 0.458. The van der Waals surface area contributed by atoms with Crippen LogP contribution in [-0.4, -0.2) is 34.3 Å². The quantitative estimate of drug-likeness (QED) is 0.750.